The van der Waals surface area contributed by atoms with E-state index in [2.05, 4.69) is 10.4 Å². The van der Waals surface area contributed by atoms with Crippen LogP contribution in [0.5, 0.6) is 0 Å². The second kappa shape index (κ2) is 6.31. The normalized spacial score (nSPS) is 20.3. The van der Waals surface area contributed by atoms with Gasteiger partial charge in [0.1, 0.15) is 5.70 Å². The summed E-state index contributed by atoms with van der Waals surface area (Å²) < 4.78 is 0. The number of amides is 1. The summed E-state index contributed by atoms with van der Waals surface area (Å²) in [7, 11) is 0. The Bertz CT molecular complexity index is 455. The van der Waals surface area contributed by atoms with Gasteiger partial charge in [-0.15, -0.1) is 0 Å². The molecule has 0 aromatic heterocycles. The van der Waals surface area contributed by atoms with E-state index in [0.29, 0.717) is 5.70 Å². The van der Waals surface area contributed by atoms with E-state index >= 15 is 0 Å². The number of azo groups is 1. The van der Waals surface area contributed by atoms with Crippen LogP contribution in [0.15, 0.2) is 40.9 Å². The summed E-state index contributed by atoms with van der Waals surface area (Å²) in [5.41, 5.74) is 1.38. The third-order valence-corrected chi connectivity index (χ3v) is 3.52. The Morgan fingerprint density at radius 3 is 2.58 bits per heavy atom. The number of hydroxylamine groups is 1. The fourth-order valence-corrected chi connectivity index (χ4v) is 2.38. The molecule has 0 aromatic rings. The zero-order valence-corrected chi connectivity index (χ0v) is 11.1. The first-order chi connectivity index (χ1) is 9.18. The van der Waals surface area contributed by atoms with Gasteiger partial charge in [-0.2, -0.15) is 0 Å². The molecule has 1 aliphatic heterocycles. The van der Waals surface area contributed by atoms with Crippen molar-refractivity contribution in [3.8, 4) is 0 Å². The van der Waals surface area contributed by atoms with Gasteiger partial charge >= 0.3 is 5.91 Å². The third-order valence-electron chi connectivity index (χ3n) is 3.52. The Morgan fingerprint density at radius 1 is 1.32 bits per heavy atom. The highest BCUT2D eigenvalue weighted by Crippen LogP contribution is 2.24. The SMILES string of the molecule is CC(N=[N+]([O-])C(=O)C1CCCCC1)=C1C=CNC=C1. The Labute approximate surface area is 113 Å². The number of carbonyl (C=O) groups excluding carboxylic acids is 1. The van der Waals surface area contributed by atoms with Crippen LogP contribution in [0.4, 0.5) is 0 Å². The largest absolute Gasteiger partial charge is 0.592 e. The van der Waals surface area contributed by atoms with Gasteiger partial charge in [-0.05, 0) is 36.8 Å². The van der Waals surface area contributed by atoms with Gasteiger partial charge in [-0.25, -0.2) is 4.79 Å². The maximum atomic E-state index is 12.0. The average molecular weight is 261 g/mol. The minimum atomic E-state index is -0.401. The predicted molar refractivity (Wildman–Crippen MR) is 71.8 cm³/mol. The van der Waals surface area contributed by atoms with E-state index < -0.39 is 5.91 Å². The van der Waals surface area contributed by atoms with Crippen molar-refractivity contribution in [3.05, 3.63) is 41.0 Å². The zero-order valence-electron chi connectivity index (χ0n) is 11.1. The molecule has 0 aromatic carbocycles. The van der Waals surface area contributed by atoms with Gasteiger partial charge in [-0.3, -0.25) is 0 Å². The van der Waals surface area contributed by atoms with Crippen LogP contribution in [0.25, 0.3) is 0 Å². The number of nitrogens with zero attached hydrogens (tertiary/aromatic N) is 2. The van der Waals surface area contributed by atoms with Crippen LogP contribution in [0.3, 0.4) is 0 Å². The first-order valence-electron chi connectivity index (χ1n) is 6.71. The summed E-state index contributed by atoms with van der Waals surface area (Å²) in [6, 6.07) is 0. The standard InChI is InChI=1S/C14H19N3O2/c1-11(12-7-9-15-10-8-12)16-17(19)14(18)13-5-3-2-4-6-13/h7-10,13,15H,2-6H2,1H3. The molecule has 1 amide bonds. The molecule has 1 N–H and O–H groups in total. The number of rotatable bonds is 2. The topological polar surface area (TPSA) is 67.5 Å². The fraction of sp³-hybridized carbons (Fsp3) is 0.500. The Hall–Kier alpha value is -1.91. The van der Waals surface area contributed by atoms with E-state index in [1.54, 1.807) is 19.3 Å². The van der Waals surface area contributed by atoms with Gasteiger partial charge in [0.05, 0.1) is 5.92 Å². The molecule has 1 fully saturated rings. The number of dihydropyridines is 1. The van der Waals surface area contributed by atoms with Crippen molar-refractivity contribution in [3.63, 3.8) is 0 Å². The molecule has 2 aliphatic rings. The number of hydrogen-bond donors (Lipinski definition) is 1. The Morgan fingerprint density at radius 2 is 1.95 bits per heavy atom. The molecular weight excluding hydrogens is 242 g/mol. The highest BCUT2D eigenvalue weighted by molar-refractivity contribution is 5.70. The van der Waals surface area contributed by atoms with E-state index in [9.17, 15) is 10.0 Å². The fourth-order valence-electron chi connectivity index (χ4n) is 2.38. The maximum absolute atomic E-state index is 12.0. The van der Waals surface area contributed by atoms with Crippen molar-refractivity contribution in [2.75, 3.05) is 0 Å². The molecule has 0 unspecified atom stereocenters. The van der Waals surface area contributed by atoms with Crippen LogP contribution < -0.4 is 5.32 Å². The number of hydrogen-bond acceptors (Lipinski definition) is 4. The lowest BCUT2D eigenvalue weighted by atomic mass is 9.89. The van der Waals surface area contributed by atoms with E-state index in [4.69, 9.17) is 0 Å². The molecule has 0 bridgehead atoms. The summed E-state index contributed by atoms with van der Waals surface area (Å²) in [5.74, 6) is -0.548. The van der Waals surface area contributed by atoms with Gasteiger partial charge < -0.3 is 10.5 Å². The van der Waals surface area contributed by atoms with Crippen molar-refractivity contribution in [2.24, 2.45) is 11.0 Å². The van der Waals surface area contributed by atoms with Crippen LogP contribution in [0.1, 0.15) is 39.0 Å². The van der Waals surface area contributed by atoms with Crippen LogP contribution in [-0.2, 0) is 4.79 Å². The monoisotopic (exact) mass is 261 g/mol. The molecule has 1 aliphatic carbocycles. The lowest BCUT2D eigenvalue weighted by Gasteiger charge is -2.16. The summed E-state index contributed by atoms with van der Waals surface area (Å²) in [4.78, 5) is 12.2. The minimum Gasteiger partial charge on any atom is -0.592 e. The third kappa shape index (κ3) is 3.53. The van der Waals surface area contributed by atoms with Crippen molar-refractivity contribution in [1.29, 1.82) is 0 Å². The summed E-state index contributed by atoms with van der Waals surface area (Å²) in [5, 5.41) is 18.6. The predicted octanol–water partition coefficient (Wildman–Crippen LogP) is 2.96. The van der Waals surface area contributed by atoms with E-state index in [-0.39, 0.29) is 10.8 Å². The molecule has 2 rings (SSSR count). The van der Waals surface area contributed by atoms with Gasteiger partial charge in [0, 0.05) is 23.1 Å². The van der Waals surface area contributed by atoms with Crippen molar-refractivity contribution < 1.29 is 9.66 Å². The molecule has 0 radical (unpaired) electrons. The van der Waals surface area contributed by atoms with Gasteiger partial charge in [0.2, 0.25) is 0 Å². The lowest BCUT2D eigenvalue weighted by Crippen LogP contribution is -2.25. The highest BCUT2D eigenvalue weighted by atomic mass is 16.5. The van der Waals surface area contributed by atoms with E-state index in [0.717, 1.165) is 37.7 Å². The molecule has 5 nitrogen and oxygen atoms in total. The van der Waals surface area contributed by atoms with E-state index in [1.807, 2.05) is 12.2 Å². The Balaban J connectivity index is 2.09. The van der Waals surface area contributed by atoms with Gasteiger partial charge in [0.25, 0.3) is 0 Å². The maximum Gasteiger partial charge on any atom is 0.426 e. The molecule has 19 heavy (non-hydrogen) atoms. The number of allylic oxidation sites excluding steroid dienone is 4. The molecule has 5 heteroatoms. The quantitative estimate of drug-likeness (QED) is 0.472. The molecular formula is C14H19N3O2. The van der Waals surface area contributed by atoms with Crippen LogP contribution >= 0.6 is 0 Å². The minimum absolute atomic E-state index is 0.146. The number of nitrogens with one attached hydrogen (secondary N) is 1. The first kappa shape index (κ1) is 13.5. The van der Waals surface area contributed by atoms with Crippen LogP contribution in [0.2, 0.25) is 0 Å². The summed E-state index contributed by atoms with van der Waals surface area (Å²) >= 11 is 0. The lowest BCUT2D eigenvalue weighted by molar-refractivity contribution is -0.452. The second-order valence-electron chi connectivity index (χ2n) is 4.92. The van der Waals surface area contributed by atoms with Gasteiger partial charge in [-0.1, -0.05) is 19.3 Å². The molecule has 0 atom stereocenters. The average Bonchev–Trinajstić information content (AvgIpc) is 2.48. The zero-order chi connectivity index (χ0) is 13.7. The second-order valence-corrected chi connectivity index (χ2v) is 4.92. The Kier molecular flexibility index (Phi) is 4.49. The van der Waals surface area contributed by atoms with Crippen molar-refractivity contribution in [1.82, 2.24) is 5.32 Å². The van der Waals surface area contributed by atoms with Crippen molar-refractivity contribution >= 4 is 5.91 Å². The van der Waals surface area contributed by atoms with Crippen LogP contribution in [-0.4, -0.2) is 10.8 Å². The highest BCUT2D eigenvalue weighted by Gasteiger charge is 2.29. The molecule has 0 saturated heterocycles. The summed E-state index contributed by atoms with van der Waals surface area (Å²) in [6.45, 7) is 1.73. The van der Waals surface area contributed by atoms with Crippen molar-refractivity contribution in [2.45, 2.75) is 39.0 Å². The first-order valence-corrected chi connectivity index (χ1v) is 6.71. The molecule has 1 saturated carbocycles. The molecule has 1 heterocycles. The van der Waals surface area contributed by atoms with E-state index in [1.165, 1.54) is 0 Å². The van der Waals surface area contributed by atoms with Gasteiger partial charge in [0.15, 0.2) is 0 Å². The molecule has 102 valence electrons. The van der Waals surface area contributed by atoms with Crippen LogP contribution in [0, 0.1) is 11.1 Å². The number of carbonyl (C=O) groups is 1. The molecule has 0 spiro atoms. The summed E-state index contributed by atoms with van der Waals surface area (Å²) in [6.07, 6.45) is 12.0. The smallest absolute Gasteiger partial charge is 0.426 e.